The van der Waals surface area contributed by atoms with Gasteiger partial charge in [-0.05, 0) is 36.4 Å². The number of nitrogens with zero attached hydrogens (tertiary/aromatic N) is 2. The molecule has 3 nitrogen and oxygen atoms in total. The van der Waals surface area contributed by atoms with E-state index in [1.54, 1.807) is 7.11 Å². The number of pyridine rings is 1. The molecule has 0 amide bonds. The zero-order chi connectivity index (χ0) is 12.5. The van der Waals surface area contributed by atoms with Crippen LogP contribution in [0.3, 0.4) is 0 Å². The predicted molar refractivity (Wildman–Crippen MR) is 72.2 cm³/mol. The number of methoxy groups -OCH3 is 1. The van der Waals surface area contributed by atoms with Crippen LogP contribution in [0.2, 0.25) is 5.02 Å². The third kappa shape index (κ3) is 1.83. The fourth-order valence-corrected chi connectivity index (χ4v) is 2.03. The highest BCUT2D eigenvalue weighted by atomic mass is 35.5. The van der Waals surface area contributed by atoms with Crippen LogP contribution in [0.1, 0.15) is 0 Å². The molecule has 1 aromatic carbocycles. The normalized spacial score (nSPS) is 10.8. The minimum Gasteiger partial charge on any atom is -0.495 e. The molecule has 18 heavy (non-hydrogen) atoms. The lowest BCUT2D eigenvalue weighted by Crippen LogP contribution is -1.91. The summed E-state index contributed by atoms with van der Waals surface area (Å²) in [5.41, 5.74) is 2.05. The highest BCUT2D eigenvalue weighted by Crippen LogP contribution is 2.23. The Morgan fingerprint density at radius 2 is 1.89 bits per heavy atom. The molecule has 0 aliphatic heterocycles. The summed E-state index contributed by atoms with van der Waals surface area (Å²) in [6.45, 7) is 0. The van der Waals surface area contributed by atoms with E-state index in [0.29, 0.717) is 0 Å². The van der Waals surface area contributed by atoms with Crippen molar-refractivity contribution >= 4 is 17.1 Å². The summed E-state index contributed by atoms with van der Waals surface area (Å²) in [6, 6.07) is 11.5. The lowest BCUT2D eigenvalue weighted by Gasteiger charge is -2.04. The first-order valence-corrected chi connectivity index (χ1v) is 5.93. The van der Waals surface area contributed by atoms with Crippen LogP contribution in [0.25, 0.3) is 16.9 Å². The van der Waals surface area contributed by atoms with Crippen molar-refractivity contribution in [3.63, 3.8) is 0 Å². The lowest BCUT2D eigenvalue weighted by atomic mass is 10.2. The van der Waals surface area contributed by atoms with Crippen LogP contribution in [0.4, 0.5) is 0 Å². The quantitative estimate of drug-likeness (QED) is 0.701. The molecule has 0 aliphatic carbocycles. The number of halogens is 1. The van der Waals surface area contributed by atoms with E-state index in [1.165, 1.54) is 0 Å². The smallest absolute Gasteiger partial charge is 0.144 e. The highest BCUT2D eigenvalue weighted by Gasteiger charge is 2.06. The summed E-state index contributed by atoms with van der Waals surface area (Å²) >= 11 is 5.89. The number of rotatable bonds is 2. The van der Waals surface area contributed by atoms with E-state index in [0.717, 1.165) is 27.7 Å². The molecule has 4 heteroatoms. The Bertz CT molecular complexity index is 689. The topological polar surface area (TPSA) is 26.5 Å². The number of aromatic nitrogens is 2. The van der Waals surface area contributed by atoms with E-state index in [4.69, 9.17) is 16.3 Å². The molecule has 3 aromatic rings. The van der Waals surface area contributed by atoms with E-state index in [9.17, 15) is 0 Å². The molecule has 0 bridgehead atoms. The summed E-state index contributed by atoms with van der Waals surface area (Å²) in [5.74, 6) is 1.68. The maximum atomic E-state index is 5.89. The van der Waals surface area contributed by atoms with Crippen LogP contribution >= 0.6 is 11.6 Å². The van der Waals surface area contributed by atoms with Gasteiger partial charge in [0.25, 0.3) is 0 Å². The van der Waals surface area contributed by atoms with Gasteiger partial charge in [0.2, 0.25) is 0 Å². The molecular formula is C14H11ClN2O. The van der Waals surface area contributed by atoms with Gasteiger partial charge in [-0.15, -0.1) is 0 Å². The fraction of sp³-hybridized carbons (Fsp3) is 0.0714. The predicted octanol–water partition coefficient (Wildman–Crippen LogP) is 3.66. The standard InChI is InChI=1S/C14H11ClN2O/c1-18-13-7-6-12-8-16-14(17(12)9-13)10-2-4-11(15)5-3-10/h2-9H,1H3. The zero-order valence-electron chi connectivity index (χ0n) is 9.80. The Labute approximate surface area is 110 Å². The van der Waals surface area contributed by atoms with E-state index in [2.05, 4.69) is 4.98 Å². The average Bonchev–Trinajstić information content (AvgIpc) is 2.82. The third-order valence-corrected chi connectivity index (χ3v) is 3.09. The molecule has 0 saturated heterocycles. The van der Waals surface area contributed by atoms with Gasteiger partial charge in [-0.1, -0.05) is 11.6 Å². The second kappa shape index (κ2) is 4.35. The number of fused-ring (bicyclic) bond motifs is 1. The van der Waals surface area contributed by atoms with Gasteiger partial charge in [0, 0.05) is 10.6 Å². The SMILES string of the molecule is COc1ccc2cnc(-c3ccc(Cl)cc3)n2c1. The fourth-order valence-electron chi connectivity index (χ4n) is 1.90. The average molecular weight is 259 g/mol. The van der Waals surface area contributed by atoms with Crippen molar-refractivity contribution in [3.8, 4) is 17.1 Å². The molecule has 2 heterocycles. The van der Waals surface area contributed by atoms with Gasteiger partial charge in [0.05, 0.1) is 25.0 Å². The molecule has 0 N–H and O–H groups in total. The first-order valence-electron chi connectivity index (χ1n) is 5.55. The monoisotopic (exact) mass is 258 g/mol. The van der Waals surface area contributed by atoms with Crippen molar-refractivity contribution in [2.24, 2.45) is 0 Å². The van der Waals surface area contributed by atoms with Gasteiger partial charge >= 0.3 is 0 Å². The van der Waals surface area contributed by atoms with Crippen LogP contribution < -0.4 is 4.74 Å². The largest absolute Gasteiger partial charge is 0.495 e. The Morgan fingerprint density at radius 1 is 1.11 bits per heavy atom. The van der Waals surface area contributed by atoms with Crippen molar-refractivity contribution in [1.82, 2.24) is 9.38 Å². The van der Waals surface area contributed by atoms with E-state index >= 15 is 0 Å². The van der Waals surface area contributed by atoms with Gasteiger partial charge in [0.1, 0.15) is 11.6 Å². The minimum atomic E-state index is 0.720. The molecular weight excluding hydrogens is 248 g/mol. The lowest BCUT2D eigenvalue weighted by molar-refractivity contribution is 0.412. The molecule has 0 saturated carbocycles. The number of benzene rings is 1. The van der Waals surface area contributed by atoms with Crippen LogP contribution in [0.15, 0.2) is 48.8 Å². The molecule has 90 valence electrons. The first kappa shape index (κ1) is 11.1. The van der Waals surface area contributed by atoms with E-state index < -0.39 is 0 Å². The maximum absolute atomic E-state index is 5.89. The Morgan fingerprint density at radius 3 is 2.61 bits per heavy atom. The molecule has 0 spiro atoms. The van der Waals surface area contributed by atoms with Gasteiger partial charge < -0.3 is 4.74 Å². The van der Waals surface area contributed by atoms with Gasteiger partial charge in [0.15, 0.2) is 0 Å². The molecule has 0 fully saturated rings. The van der Waals surface area contributed by atoms with Crippen LogP contribution in [-0.2, 0) is 0 Å². The second-order valence-corrected chi connectivity index (χ2v) is 4.39. The van der Waals surface area contributed by atoms with Crippen LogP contribution in [0, 0.1) is 0 Å². The molecule has 0 unspecified atom stereocenters. The van der Waals surface area contributed by atoms with Crippen molar-refractivity contribution in [2.45, 2.75) is 0 Å². The van der Waals surface area contributed by atoms with Crippen molar-refractivity contribution in [1.29, 1.82) is 0 Å². The first-order chi connectivity index (χ1) is 8.78. The summed E-state index contributed by atoms with van der Waals surface area (Å²) in [6.07, 6.45) is 3.76. The van der Waals surface area contributed by atoms with Gasteiger partial charge in [-0.2, -0.15) is 0 Å². The van der Waals surface area contributed by atoms with Crippen LogP contribution in [-0.4, -0.2) is 16.5 Å². The Kier molecular flexibility index (Phi) is 2.68. The third-order valence-electron chi connectivity index (χ3n) is 2.84. The van der Waals surface area contributed by atoms with Gasteiger partial charge in [-0.25, -0.2) is 4.98 Å². The van der Waals surface area contributed by atoms with E-state index in [-0.39, 0.29) is 0 Å². The molecule has 0 radical (unpaired) electrons. The van der Waals surface area contributed by atoms with Crippen molar-refractivity contribution in [3.05, 3.63) is 53.8 Å². The summed E-state index contributed by atoms with van der Waals surface area (Å²) in [4.78, 5) is 4.43. The van der Waals surface area contributed by atoms with Crippen LogP contribution in [0.5, 0.6) is 5.75 Å². The number of hydrogen-bond acceptors (Lipinski definition) is 2. The molecule has 3 rings (SSSR count). The Balaban J connectivity index is 2.19. The van der Waals surface area contributed by atoms with Crippen molar-refractivity contribution < 1.29 is 4.74 Å². The molecule has 0 aliphatic rings. The number of imidazole rings is 1. The summed E-state index contributed by atoms with van der Waals surface area (Å²) in [5, 5.41) is 0.720. The van der Waals surface area contributed by atoms with E-state index in [1.807, 2.05) is 53.2 Å². The second-order valence-electron chi connectivity index (χ2n) is 3.95. The van der Waals surface area contributed by atoms with Crippen molar-refractivity contribution in [2.75, 3.05) is 7.11 Å². The van der Waals surface area contributed by atoms with Gasteiger partial charge in [-0.3, -0.25) is 4.40 Å². The Hall–Kier alpha value is -2.00. The summed E-state index contributed by atoms with van der Waals surface area (Å²) < 4.78 is 7.23. The maximum Gasteiger partial charge on any atom is 0.144 e. The number of hydrogen-bond donors (Lipinski definition) is 0. The minimum absolute atomic E-state index is 0.720. The zero-order valence-corrected chi connectivity index (χ0v) is 10.6. The summed E-state index contributed by atoms with van der Waals surface area (Å²) in [7, 11) is 1.65. The molecule has 0 atom stereocenters. The highest BCUT2D eigenvalue weighted by molar-refractivity contribution is 6.30. The number of ether oxygens (including phenoxy) is 1. The molecule has 2 aromatic heterocycles.